The molecule has 0 spiro atoms. The van der Waals surface area contributed by atoms with Gasteiger partial charge in [-0.1, -0.05) is 26.8 Å². The number of amides is 2. The van der Waals surface area contributed by atoms with Gasteiger partial charge in [0.05, 0.1) is 0 Å². The monoisotopic (exact) mass is 498 g/mol. The van der Waals surface area contributed by atoms with Crippen LogP contribution < -0.4 is 19.2 Å². The van der Waals surface area contributed by atoms with E-state index in [0.29, 0.717) is 30.3 Å². The molecule has 0 radical (unpaired) electrons. The van der Waals surface area contributed by atoms with Gasteiger partial charge in [0.2, 0.25) is 8.32 Å². The Kier molecular flexibility index (Phi) is 8.61. The van der Waals surface area contributed by atoms with Crippen molar-refractivity contribution in [3.8, 4) is 11.5 Å². The standard InChI is InChI=1S/C22H31ClN2O5SSi/c1-22(2,3)32(4,5)30-19-12-10-18(11-13-19)29-31(27,28)20-9-6-8-17(16-20)25-21(26)24-15-7-14-23/h6,8-13,16H,7,14-15H2,1-5H3,(H2,24,25,26). The second kappa shape index (κ2) is 10.6. The van der Waals surface area contributed by atoms with Crippen LogP contribution >= 0.6 is 11.6 Å². The molecule has 0 fully saturated rings. The predicted octanol–water partition coefficient (Wildman–Crippen LogP) is 5.59. The van der Waals surface area contributed by atoms with Crippen LogP contribution in [0.1, 0.15) is 27.2 Å². The number of alkyl halides is 1. The van der Waals surface area contributed by atoms with Crippen molar-refractivity contribution in [2.45, 2.75) is 50.2 Å². The SMILES string of the molecule is CC(C)(C)[Si](C)(C)Oc1ccc(OS(=O)(=O)c2cccc(NC(=O)NCCCCl)c2)cc1. The van der Waals surface area contributed by atoms with Gasteiger partial charge in [0, 0.05) is 18.1 Å². The number of benzene rings is 2. The van der Waals surface area contributed by atoms with E-state index < -0.39 is 24.5 Å². The lowest BCUT2D eigenvalue weighted by molar-refractivity contribution is 0.252. The summed E-state index contributed by atoms with van der Waals surface area (Å²) in [6.07, 6.45) is 0.636. The molecule has 7 nitrogen and oxygen atoms in total. The van der Waals surface area contributed by atoms with Crippen LogP contribution in [-0.4, -0.2) is 35.2 Å². The van der Waals surface area contributed by atoms with Crippen LogP contribution in [-0.2, 0) is 10.1 Å². The minimum Gasteiger partial charge on any atom is -0.543 e. The van der Waals surface area contributed by atoms with Crippen molar-refractivity contribution in [3.05, 3.63) is 48.5 Å². The normalized spacial score (nSPS) is 12.2. The number of carbonyl (C=O) groups excluding carboxylic acids is 1. The third-order valence-corrected chi connectivity index (χ3v) is 11.1. The number of anilines is 1. The molecule has 0 atom stereocenters. The van der Waals surface area contributed by atoms with E-state index in [0.717, 1.165) is 0 Å². The smallest absolute Gasteiger partial charge is 0.339 e. The lowest BCUT2D eigenvalue weighted by atomic mass is 10.2. The summed E-state index contributed by atoms with van der Waals surface area (Å²) in [7, 11) is -6.08. The molecular formula is C22H31ClN2O5SSi. The van der Waals surface area contributed by atoms with Gasteiger partial charge >= 0.3 is 16.1 Å². The Balaban J connectivity index is 2.07. The number of hydrogen-bond acceptors (Lipinski definition) is 5. The van der Waals surface area contributed by atoms with Crippen LogP contribution in [0.3, 0.4) is 0 Å². The highest BCUT2D eigenvalue weighted by Crippen LogP contribution is 2.37. The summed E-state index contributed by atoms with van der Waals surface area (Å²) in [6, 6.07) is 11.9. The average Bonchev–Trinajstić information content (AvgIpc) is 2.68. The van der Waals surface area contributed by atoms with Gasteiger partial charge in [-0.25, -0.2) is 4.79 Å². The van der Waals surface area contributed by atoms with E-state index >= 15 is 0 Å². The zero-order chi connectivity index (χ0) is 24.0. The van der Waals surface area contributed by atoms with Gasteiger partial charge in [-0.15, -0.1) is 11.6 Å². The Labute approximate surface area is 196 Å². The Bertz CT molecular complexity index is 1020. The van der Waals surface area contributed by atoms with Crippen molar-refractivity contribution in [2.24, 2.45) is 0 Å². The van der Waals surface area contributed by atoms with Crippen molar-refractivity contribution in [2.75, 3.05) is 17.7 Å². The Hall–Kier alpha value is -2.23. The summed E-state index contributed by atoms with van der Waals surface area (Å²) in [5.41, 5.74) is 0.330. The van der Waals surface area contributed by atoms with Crippen LogP contribution in [0.4, 0.5) is 10.5 Å². The summed E-state index contributed by atoms with van der Waals surface area (Å²) in [5.74, 6) is 1.28. The Morgan fingerprint density at radius 3 is 2.28 bits per heavy atom. The van der Waals surface area contributed by atoms with Crippen molar-refractivity contribution in [1.82, 2.24) is 5.32 Å². The first-order chi connectivity index (χ1) is 14.8. The zero-order valence-corrected chi connectivity index (χ0v) is 21.6. The van der Waals surface area contributed by atoms with E-state index in [2.05, 4.69) is 44.5 Å². The summed E-state index contributed by atoms with van der Waals surface area (Å²) in [4.78, 5) is 11.8. The van der Waals surface area contributed by atoms with E-state index in [1.54, 1.807) is 30.3 Å². The van der Waals surface area contributed by atoms with Gasteiger partial charge in [-0.3, -0.25) is 0 Å². The maximum atomic E-state index is 12.7. The second-order valence-electron chi connectivity index (χ2n) is 8.82. The highest BCUT2D eigenvalue weighted by atomic mass is 35.5. The molecule has 0 aromatic heterocycles. The molecule has 0 saturated carbocycles. The molecule has 0 saturated heterocycles. The molecule has 2 aromatic rings. The van der Waals surface area contributed by atoms with Gasteiger partial charge in [-0.2, -0.15) is 8.42 Å². The third kappa shape index (κ3) is 7.42. The fourth-order valence-corrected chi connectivity index (χ4v) is 4.50. The maximum absolute atomic E-state index is 12.7. The first kappa shape index (κ1) is 26.0. The third-order valence-electron chi connectivity index (χ3n) is 5.19. The molecule has 2 rings (SSSR count). The fourth-order valence-electron chi connectivity index (χ4n) is 2.36. The minimum absolute atomic E-state index is 0.0472. The molecule has 0 aliphatic heterocycles. The largest absolute Gasteiger partial charge is 0.543 e. The quantitative estimate of drug-likeness (QED) is 0.203. The average molecular weight is 499 g/mol. The van der Waals surface area contributed by atoms with Crippen molar-refractivity contribution < 1.29 is 21.8 Å². The number of carbonyl (C=O) groups is 1. The lowest BCUT2D eigenvalue weighted by Gasteiger charge is -2.36. The topological polar surface area (TPSA) is 93.7 Å². The molecule has 2 amide bonds. The molecule has 176 valence electrons. The summed E-state index contributed by atoms with van der Waals surface area (Å²) in [6.45, 7) is 11.1. The van der Waals surface area contributed by atoms with E-state index in [1.807, 2.05) is 0 Å². The molecule has 2 aromatic carbocycles. The number of rotatable bonds is 9. The van der Waals surface area contributed by atoms with Crippen molar-refractivity contribution >= 4 is 41.8 Å². The van der Waals surface area contributed by atoms with Crippen LogP contribution in [0, 0.1) is 0 Å². The van der Waals surface area contributed by atoms with E-state index in [-0.39, 0.29) is 15.7 Å². The first-order valence-electron chi connectivity index (χ1n) is 10.3. The highest BCUT2D eigenvalue weighted by Gasteiger charge is 2.38. The molecule has 0 heterocycles. The van der Waals surface area contributed by atoms with E-state index in [4.69, 9.17) is 20.2 Å². The Morgan fingerprint density at radius 1 is 1.06 bits per heavy atom. The number of halogens is 1. The van der Waals surface area contributed by atoms with Gasteiger partial charge in [-0.05, 0) is 67.0 Å². The van der Waals surface area contributed by atoms with Crippen LogP contribution in [0.15, 0.2) is 53.4 Å². The van der Waals surface area contributed by atoms with Crippen LogP contribution in [0.5, 0.6) is 11.5 Å². The second-order valence-corrected chi connectivity index (χ2v) is 15.5. The van der Waals surface area contributed by atoms with E-state index in [9.17, 15) is 13.2 Å². The molecule has 10 heteroatoms. The summed E-state index contributed by atoms with van der Waals surface area (Å²) < 4.78 is 36.9. The molecule has 0 bridgehead atoms. The summed E-state index contributed by atoms with van der Waals surface area (Å²) in [5, 5.41) is 5.28. The van der Waals surface area contributed by atoms with Crippen LogP contribution in [0.2, 0.25) is 18.1 Å². The van der Waals surface area contributed by atoms with Crippen LogP contribution in [0.25, 0.3) is 0 Å². The zero-order valence-electron chi connectivity index (χ0n) is 19.1. The number of urea groups is 1. The van der Waals surface area contributed by atoms with Crippen molar-refractivity contribution in [1.29, 1.82) is 0 Å². The minimum atomic E-state index is -4.09. The van der Waals surface area contributed by atoms with Crippen molar-refractivity contribution in [3.63, 3.8) is 0 Å². The van der Waals surface area contributed by atoms with Gasteiger partial charge in [0.25, 0.3) is 0 Å². The highest BCUT2D eigenvalue weighted by molar-refractivity contribution is 7.87. The van der Waals surface area contributed by atoms with E-state index in [1.165, 1.54) is 18.2 Å². The number of nitrogens with one attached hydrogen (secondary N) is 2. The fraction of sp³-hybridized carbons (Fsp3) is 0.409. The van der Waals surface area contributed by atoms with Gasteiger partial charge in [0.15, 0.2) is 0 Å². The molecule has 0 aliphatic rings. The maximum Gasteiger partial charge on any atom is 0.339 e. The van der Waals surface area contributed by atoms with Gasteiger partial charge < -0.3 is 19.2 Å². The number of hydrogen-bond donors (Lipinski definition) is 2. The first-order valence-corrected chi connectivity index (χ1v) is 15.1. The predicted molar refractivity (Wildman–Crippen MR) is 131 cm³/mol. The molecule has 2 N–H and O–H groups in total. The molecular weight excluding hydrogens is 468 g/mol. The molecule has 0 aliphatic carbocycles. The molecule has 0 unspecified atom stereocenters. The lowest BCUT2D eigenvalue weighted by Crippen LogP contribution is -2.43. The summed E-state index contributed by atoms with van der Waals surface area (Å²) >= 11 is 5.58. The Morgan fingerprint density at radius 2 is 1.69 bits per heavy atom. The molecule has 32 heavy (non-hydrogen) atoms. The van der Waals surface area contributed by atoms with Gasteiger partial charge in [0.1, 0.15) is 16.4 Å².